The van der Waals surface area contributed by atoms with Crippen molar-refractivity contribution < 1.29 is 24.0 Å². The summed E-state index contributed by atoms with van der Waals surface area (Å²) in [5, 5.41) is 12.8. The second-order valence-electron chi connectivity index (χ2n) is 4.94. The molecule has 110 valence electrons. The second kappa shape index (κ2) is 5.62. The molecule has 1 aliphatic rings. The SMILES string of the molecule is Cc1noc(C)c1[C@@H](C)C(=O)N1CCO[C@@H](C(=O)O)C1. The number of hydrogen-bond donors (Lipinski definition) is 1. The van der Waals surface area contributed by atoms with E-state index in [4.69, 9.17) is 14.4 Å². The fourth-order valence-electron chi connectivity index (χ4n) is 2.50. The highest BCUT2D eigenvalue weighted by atomic mass is 16.5. The number of aromatic nitrogens is 1. The second-order valence-corrected chi connectivity index (χ2v) is 4.94. The molecule has 20 heavy (non-hydrogen) atoms. The first-order valence-electron chi connectivity index (χ1n) is 6.47. The van der Waals surface area contributed by atoms with Crippen molar-refractivity contribution in [2.75, 3.05) is 19.7 Å². The molecule has 2 rings (SSSR count). The van der Waals surface area contributed by atoms with E-state index < -0.39 is 18.0 Å². The van der Waals surface area contributed by atoms with Crippen LogP contribution in [0.15, 0.2) is 4.52 Å². The molecule has 2 atom stereocenters. The summed E-state index contributed by atoms with van der Waals surface area (Å²) in [6.45, 7) is 6.03. The van der Waals surface area contributed by atoms with Crippen molar-refractivity contribution in [3.8, 4) is 0 Å². The van der Waals surface area contributed by atoms with Gasteiger partial charge in [-0.1, -0.05) is 5.16 Å². The van der Waals surface area contributed by atoms with E-state index in [1.54, 1.807) is 20.8 Å². The van der Waals surface area contributed by atoms with Crippen LogP contribution in [0, 0.1) is 13.8 Å². The maximum atomic E-state index is 12.5. The van der Waals surface area contributed by atoms with E-state index in [2.05, 4.69) is 5.16 Å². The fraction of sp³-hybridized carbons (Fsp3) is 0.615. The third-order valence-corrected chi connectivity index (χ3v) is 3.55. The van der Waals surface area contributed by atoms with E-state index in [0.29, 0.717) is 18.0 Å². The van der Waals surface area contributed by atoms with Crippen molar-refractivity contribution in [3.63, 3.8) is 0 Å². The molecule has 0 unspecified atom stereocenters. The average Bonchev–Trinajstić information content (AvgIpc) is 2.76. The predicted molar refractivity (Wildman–Crippen MR) is 68.3 cm³/mol. The van der Waals surface area contributed by atoms with E-state index in [1.165, 1.54) is 4.90 Å². The fourth-order valence-corrected chi connectivity index (χ4v) is 2.50. The third-order valence-electron chi connectivity index (χ3n) is 3.55. The van der Waals surface area contributed by atoms with Crippen LogP contribution in [-0.2, 0) is 14.3 Å². The number of ether oxygens (including phenoxy) is 1. The lowest BCUT2D eigenvalue weighted by atomic mass is 9.97. The average molecular weight is 282 g/mol. The molecule has 0 spiro atoms. The Hall–Kier alpha value is -1.89. The van der Waals surface area contributed by atoms with E-state index >= 15 is 0 Å². The number of carboxylic acids is 1. The van der Waals surface area contributed by atoms with Gasteiger partial charge >= 0.3 is 5.97 Å². The number of carbonyl (C=O) groups excluding carboxylic acids is 1. The first-order chi connectivity index (χ1) is 9.41. The van der Waals surface area contributed by atoms with Gasteiger partial charge in [-0.25, -0.2) is 4.79 Å². The molecule has 0 aromatic carbocycles. The number of carboxylic acid groups (broad SMARTS) is 1. The van der Waals surface area contributed by atoms with Crippen molar-refractivity contribution in [2.45, 2.75) is 32.8 Å². The monoisotopic (exact) mass is 282 g/mol. The summed E-state index contributed by atoms with van der Waals surface area (Å²) in [6, 6.07) is 0. The summed E-state index contributed by atoms with van der Waals surface area (Å²) in [6.07, 6.45) is -0.954. The molecule has 0 radical (unpaired) electrons. The Balaban J connectivity index is 2.13. The largest absolute Gasteiger partial charge is 0.479 e. The molecule has 0 aliphatic carbocycles. The molecular weight excluding hydrogens is 264 g/mol. The number of rotatable bonds is 3. The first kappa shape index (κ1) is 14.5. The number of hydrogen-bond acceptors (Lipinski definition) is 5. The third kappa shape index (κ3) is 2.67. The van der Waals surface area contributed by atoms with Crippen LogP contribution < -0.4 is 0 Å². The zero-order valence-corrected chi connectivity index (χ0v) is 11.8. The van der Waals surface area contributed by atoms with Crippen molar-refractivity contribution in [1.29, 1.82) is 0 Å². The van der Waals surface area contributed by atoms with Crippen molar-refractivity contribution in [3.05, 3.63) is 17.0 Å². The van der Waals surface area contributed by atoms with E-state index in [1.807, 2.05) is 0 Å². The lowest BCUT2D eigenvalue weighted by Crippen LogP contribution is -2.49. The number of carbonyl (C=O) groups is 2. The molecule has 7 heteroatoms. The number of nitrogens with zero attached hydrogens (tertiary/aromatic N) is 2. The molecule has 1 amide bonds. The van der Waals surface area contributed by atoms with Crippen molar-refractivity contribution in [1.82, 2.24) is 10.1 Å². The zero-order valence-electron chi connectivity index (χ0n) is 11.8. The lowest BCUT2D eigenvalue weighted by Gasteiger charge is -2.32. The summed E-state index contributed by atoms with van der Waals surface area (Å²) in [7, 11) is 0. The Bertz CT molecular complexity index is 505. The Kier molecular flexibility index (Phi) is 4.08. The maximum Gasteiger partial charge on any atom is 0.334 e. The van der Waals surface area contributed by atoms with Gasteiger partial charge in [0, 0.05) is 12.1 Å². The minimum atomic E-state index is -1.05. The van der Waals surface area contributed by atoms with Crippen LogP contribution in [0.5, 0.6) is 0 Å². The molecule has 2 heterocycles. The minimum Gasteiger partial charge on any atom is -0.479 e. The summed E-state index contributed by atoms with van der Waals surface area (Å²) in [4.78, 5) is 24.9. The number of morpholine rings is 1. The van der Waals surface area contributed by atoms with Gasteiger partial charge in [0.2, 0.25) is 5.91 Å². The van der Waals surface area contributed by atoms with Gasteiger partial charge in [-0.3, -0.25) is 4.79 Å². The summed E-state index contributed by atoms with van der Waals surface area (Å²) < 4.78 is 10.2. The standard InChI is InChI=1S/C13H18N2O5/c1-7(11-8(2)14-20-9(11)3)12(16)15-4-5-19-10(6-15)13(17)18/h7,10H,4-6H2,1-3H3,(H,17,18)/t7-,10-/m1/s1. The smallest absolute Gasteiger partial charge is 0.334 e. The Morgan fingerprint density at radius 2 is 2.15 bits per heavy atom. The number of aryl methyl sites for hydroxylation is 2. The van der Waals surface area contributed by atoms with Gasteiger partial charge in [-0.2, -0.15) is 0 Å². The summed E-state index contributed by atoms with van der Waals surface area (Å²) in [5.41, 5.74) is 1.46. The Morgan fingerprint density at radius 1 is 1.45 bits per heavy atom. The Morgan fingerprint density at radius 3 is 2.70 bits per heavy atom. The van der Waals surface area contributed by atoms with Gasteiger partial charge in [-0.05, 0) is 20.8 Å². The normalized spacial score (nSPS) is 20.8. The topological polar surface area (TPSA) is 92.9 Å². The van der Waals surface area contributed by atoms with Gasteiger partial charge in [0.1, 0.15) is 5.76 Å². The van der Waals surface area contributed by atoms with Crippen LogP contribution in [0.1, 0.15) is 29.9 Å². The summed E-state index contributed by atoms with van der Waals surface area (Å²) >= 11 is 0. The minimum absolute atomic E-state index is 0.0713. The highest BCUT2D eigenvalue weighted by Crippen LogP contribution is 2.25. The molecule has 0 saturated carbocycles. The van der Waals surface area contributed by atoms with Crippen LogP contribution in [0.2, 0.25) is 0 Å². The van der Waals surface area contributed by atoms with Gasteiger partial charge in [0.15, 0.2) is 6.10 Å². The number of aliphatic carboxylic acids is 1. The molecule has 1 N–H and O–H groups in total. The van der Waals surface area contributed by atoms with Crippen LogP contribution in [0.3, 0.4) is 0 Å². The first-order valence-corrected chi connectivity index (χ1v) is 6.47. The van der Waals surface area contributed by atoms with Gasteiger partial charge in [0.25, 0.3) is 0 Å². The van der Waals surface area contributed by atoms with E-state index in [0.717, 1.165) is 5.56 Å². The van der Waals surface area contributed by atoms with E-state index in [-0.39, 0.29) is 19.1 Å². The maximum absolute atomic E-state index is 12.5. The van der Waals surface area contributed by atoms with Crippen LogP contribution in [0.25, 0.3) is 0 Å². The molecule has 1 aromatic heterocycles. The molecule has 1 aliphatic heterocycles. The molecule has 1 fully saturated rings. The molecule has 7 nitrogen and oxygen atoms in total. The van der Waals surface area contributed by atoms with E-state index in [9.17, 15) is 9.59 Å². The van der Waals surface area contributed by atoms with Crippen molar-refractivity contribution >= 4 is 11.9 Å². The molecule has 1 saturated heterocycles. The van der Waals surface area contributed by atoms with Crippen LogP contribution >= 0.6 is 0 Å². The van der Waals surface area contributed by atoms with Crippen molar-refractivity contribution in [2.24, 2.45) is 0 Å². The number of amides is 1. The molecule has 0 bridgehead atoms. The quantitative estimate of drug-likeness (QED) is 0.877. The predicted octanol–water partition coefficient (Wildman–Crippen LogP) is 0.707. The zero-order chi connectivity index (χ0) is 14.9. The summed E-state index contributed by atoms with van der Waals surface area (Å²) in [5.74, 6) is -0.971. The van der Waals surface area contributed by atoms with Crippen LogP contribution in [0.4, 0.5) is 0 Å². The van der Waals surface area contributed by atoms with Crippen LogP contribution in [-0.4, -0.2) is 52.8 Å². The van der Waals surface area contributed by atoms with Gasteiger partial charge in [0.05, 0.1) is 24.8 Å². The van der Waals surface area contributed by atoms with Gasteiger partial charge in [-0.15, -0.1) is 0 Å². The highest BCUT2D eigenvalue weighted by Gasteiger charge is 2.33. The Labute approximate surface area is 116 Å². The molecular formula is C13H18N2O5. The lowest BCUT2D eigenvalue weighted by molar-refractivity contribution is -0.159. The van der Waals surface area contributed by atoms with Gasteiger partial charge < -0.3 is 19.3 Å². The highest BCUT2D eigenvalue weighted by molar-refractivity contribution is 5.84. The molecule has 1 aromatic rings.